The van der Waals surface area contributed by atoms with E-state index in [2.05, 4.69) is 15.6 Å². The molecule has 3 aromatic rings. The number of nitrogens with one attached hydrogen (secondary N) is 2. The standard InChI is InChI=1S/C24H25N3O4/c1-4-30-21-15-20(27-24(29)18-12-8-9-13-25-18)22(31-5-2)14-19(21)26-23(28)17-11-7-6-10-16(17)3/h6-15H,4-5H2,1-3H3,(H,26,28)(H,27,29). The van der Waals surface area contributed by atoms with Crippen molar-refractivity contribution in [2.45, 2.75) is 20.8 Å². The molecule has 0 aliphatic rings. The Balaban J connectivity index is 1.94. The van der Waals surface area contributed by atoms with Gasteiger partial charge in [0.2, 0.25) is 0 Å². The van der Waals surface area contributed by atoms with Gasteiger partial charge in [-0.25, -0.2) is 0 Å². The molecule has 0 aliphatic carbocycles. The molecule has 3 rings (SSSR count). The quantitative estimate of drug-likeness (QED) is 0.553. The number of aromatic nitrogens is 1. The van der Waals surface area contributed by atoms with E-state index in [0.29, 0.717) is 41.7 Å². The highest BCUT2D eigenvalue weighted by Gasteiger charge is 2.18. The zero-order chi connectivity index (χ0) is 22.2. The first-order valence-corrected chi connectivity index (χ1v) is 10.1. The first-order chi connectivity index (χ1) is 15.0. The summed E-state index contributed by atoms with van der Waals surface area (Å²) in [5, 5.41) is 5.71. The van der Waals surface area contributed by atoms with Crippen LogP contribution in [0, 0.1) is 6.92 Å². The van der Waals surface area contributed by atoms with E-state index >= 15 is 0 Å². The Morgan fingerprint density at radius 2 is 1.42 bits per heavy atom. The molecule has 0 unspecified atom stereocenters. The fourth-order valence-electron chi connectivity index (χ4n) is 3.01. The predicted molar refractivity (Wildman–Crippen MR) is 120 cm³/mol. The van der Waals surface area contributed by atoms with Crippen molar-refractivity contribution in [1.29, 1.82) is 0 Å². The summed E-state index contributed by atoms with van der Waals surface area (Å²) in [5.74, 6) is 0.201. The van der Waals surface area contributed by atoms with Crippen molar-refractivity contribution in [3.63, 3.8) is 0 Å². The van der Waals surface area contributed by atoms with Crippen molar-refractivity contribution < 1.29 is 19.1 Å². The third-order valence-electron chi connectivity index (χ3n) is 4.47. The van der Waals surface area contributed by atoms with Gasteiger partial charge in [-0.05, 0) is 44.5 Å². The molecular formula is C24H25N3O4. The lowest BCUT2D eigenvalue weighted by atomic mass is 10.1. The van der Waals surface area contributed by atoms with E-state index < -0.39 is 0 Å². The Labute approximate surface area is 181 Å². The Kier molecular flexibility index (Phi) is 7.22. The molecule has 0 bridgehead atoms. The average molecular weight is 419 g/mol. The Bertz CT molecular complexity index is 1070. The van der Waals surface area contributed by atoms with Crippen LogP contribution in [0.5, 0.6) is 11.5 Å². The van der Waals surface area contributed by atoms with Gasteiger partial charge in [-0.3, -0.25) is 14.6 Å². The molecule has 160 valence electrons. The Morgan fingerprint density at radius 3 is 1.97 bits per heavy atom. The van der Waals surface area contributed by atoms with Crippen molar-refractivity contribution in [3.05, 3.63) is 77.6 Å². The number of carbonyl (C=O) groups excluding carboxylic acids is 2. The monoisotopic (exact) mass is 419 g/mol. The topological polar surface area (TPSA) is 89.5 Å². The summed E-state index contributed by atoms with van der Waals surface area (Å²) >= 11 is 0. The normalized spacial score (nSPS) is 10.3. The van der Waals surface area contributed by atoms with Crippen LogP contribution in [0.1, 0.15) is 40.3 Å². The SMILES string of the molecule is CCOc1cc(NC(=O)c2ccccc2C)c(OCC)cc1NC(=O)c1ccccn1. The lowest BCUT2D eigenvalue weighted by Crippen LogP contribution is -2.16. The van der Waals surface area contributed by atoms with E-state index in [-0.39, 0.29) is 17.5 Å². The van der Waals surface area contributed by atoms with Crippen molar-refractivity contribution in [2.24, 2.45) is 0 Å². The molecule has 31 heavy (non-hydrogen) atoms. The minimum Gasteiger partial charge on any atom is -0.492 e. The molecule has 0 saturated heterocycles. The van der Waals surface area contributed by atoms with Crippen LogP contribution in [0.3, 0.4) is 0 Å². The van der Waals surface area contributed by atoms with Crippen molar-refractivity contribution in [2.75, 3.05) is 23.8 Å². The van der Waals surface area contributed by atoms with Crippen LogP contribution in [-0.4, -0.2) is 30.0 Å². The first-order valence-electron chi connectivity index (χ1n) is 10.1. The molecule has 1 heterocycles. The fourth-order valence-corrected chi connectivity index (χ4v) is 3.01. The summed E-state index contributed by atoms with van der Waals surface area (Å²) in [7, 11) is 0. The van der Waals surface area contributed by atoms with Gasteiger partial charge >= 0.3 is 0 Å². The summed E-state index contributed by atoms with van der Waals surface area (Å²) in [6, 6.07) is 15.7. The smallest absolute Gasteiger partial charge is 0.274 e. The van der Waals surface area contributed by atoms with Crippen LogP contribution in [0.2, 0.25) is 0 Å². The number of benzene rings is 2. The average Bonchev–Trinajstić information content (AvgIpc) is 2.77. The zero-order valence-electron chi connectivity index (χ0n) is 17.8. The highest BCUT2D eigenvalue weighted by molar-refractivity contribution is 6.07. The van der Waals surface area contributed by atoms with Gasteiger partial charge in [-0.2, -0.15) is 0 Å². The van der Waals surface area contributed by atoms with Crippen molar-refractivity contribution in [1.82, 2.24) is 4.98 Å². The fraction of sp³-hybridized carbons (Fsp3) is 0.208. The van der Waals surface area contributed by atoms with Gasteiger partial charge in [0.1, 0.15) is 17.2 Å². The second-order valence-corrected chi connectivity index (χ2v) is 6.65. The van der Waals surface area contributed by atoms with Crippen LogP contribution in [-0.2, 0) is 0 Å². The molecule has 2 amide bonds. The maximum absolute atomic E-state index is 12.8. The van der Waals surface area contributed by atoms with Gasteiger partial charge in [-0.1, -0.05) is 24.3 Å². The summed E-state index contributed by atoms with van der Waals surface area (Å²) in [6.07, 6.45) is 1.55. The van der Waals surface area contributed by atoms with E-state index in [1.807, 2.05) is 39.0 Å². The van der Waals surface area contributed by atoms with Gasteiger partial charge in [0.05, 0.1) is 24.6 Å². The molecule has 0 saturated carbocycles. The van der Waals surface area contributed by atoms with Crippen molar-refractivity contribution in [3.8, 4) is 11.5 Å². The van der Waals surface area contributed by atoms with E-state index in [9.17, 15) is 9.59 Å². The van der Waals surface area contributed by atoms with E-state index in [1.165, 1.54) is 0 Å². The third-order valence-corrected chi connectivity index (χ3v) is 4.47. The molecule has 7 nitrogen and oxygen atoms in total. The minimum absolute atomic E-state index is 0.258. The molecule has 0 aliphatic heterocycles. The number of pyridine rings is 1. The molecule has 1 aromatic heterocycles. The van der Waals surface area contributed by atoms with Crippen LogP contribution >= 0.6 is 0 Å². The van der Waals surface area contributed by atoms with Gasteiger partial charge in [-0.15, -0.1) is 0 Å². The van der Waals surface area contributed by atoms with Crippen LogP contribution < -0.4 is 20.1 Å². The molecule has 2 N–H and O–H groups in total. The summed E-state index contributed by atoms with van der Waals surface area (Å²) < 4.78 is 11.4. The third kappa shape index (κ3) is 5.39. The van der Waals surface area contributed by atoms with Crippen LogP contribution in [0.4, 0.5) is 11.4 Å². The molecule has 0 spiro atoms. The van der Waals surface area contributed by atoms with Crippen LogP contribution in [0.15, 0.2) is 60.8 Å². The number of amides is 2. The van der Waals surface area contributed by atoms with Gasteiger partial charge in [0, 0.05) is 23.9 Å². The largest absolute Gasteiger partial charge is 0.492 e. The molecule has 0 atom stereocenters. The summed E-state index contributed by atoms with van der Waals surface area (Å²) in [5.41, 5.74) is 2.58. The first kappa shape index (κ1) is 21.8. The highest BCUT2D eigenvalue weighted by Crippen LogP contribution is 2.37. The number of aryl methyl sites for hydroxylation is 1. The highest BCUT2D eigenvalue weighted by atomic mass is 16.5. The number of ether oxygens (including phenoxy) is 2. The lowest BCUT2D eigenvalue weighted by Gasteiger charge is -2.18. The lowest BCUT2D eigenvalue weighted by molar-refractivity contribution is 0.101. The van der Waals surface area contributed by atoms with Crippen molar-refractivity contribution >= 4 is 23.2 Å². The summed E-state index contributed by atoms with van der Waals surface area (Å²) in [6.45, 7) is 6.32. The summed E-state index contributed by atoms with van der Waals surface area (Å²) in [4.78, 5) is 29.5. The molecular weight excluding hydrogens is 394 g/mol. The maximum Gasteiger partial charge on any atom is 0.274 e. The number of nitrogens with zero attached hydrogens (tertiary/aromatic N) is 1. The van der Waals surface area contributed by atoms with Gasteiger partial charge < -0.3 is 20.1 Å². The Hall–Kier alpha value is -3.87. The zero-order valence-corrected chi connectivity index (χ0v) is 17.8. The van der Waals surface area contributed by atoms with Gasteiger partial charge in [0.15, 0.2) is 0 Å². The number of carbonyl (C=O) groups is 2. The minimum atomic E-state index is -0.374. The number of rotatable bonds is 8. The maximum atomic E-state index is 12.8. The molecule has 2 aromatic carbocycles. The Morgan fingerprint density at radius 1 is 0.839 bits per heavy atom. The van der Waals surface area contributed by atoms with Gasteiger partial charge in [0.25, 0.3) is 11.8 Å². The predicted octanol–water partition coefficient (Wildman–Crippen LogP) is 4.69. The second-order valence-electron chi connectivity index (χ2n) is 6.65. The number of anilines is 2. The molecule has 0 fully saturated rings. The van der Waals surface area contributed by atoms with E-state index in [4.69, 9.17) is 9.47 Å². The second kappa shape index (κ2) is 10.2. The van der Waals surface area contributed by atoms with E-state index in [1.54, 1.807) is 42.6 Å². The molecule has 7 heteroatoms. The molecule has 0 radical (unpaired) electrons. The van der Waals surface area contributed by atoms with Crippen LogP contribution in [0.25, 0.3) is 0 Å². The van der Waals surface area contributed by atoms with E-state index in [0.717, 1.165) is 5.56 Å². The number of hydrogen-bond donors (Lipinski definition) is 2. The number of hydrogen-bond acceptors (Lipinski definition) is 5.